The zero-order valence-electron chi connectivity index (χ0n) is 17.7. The van der Waals surface area contributed by atoms with Gasteiger partial charge in [-0.3, -0.25) is 4.79 Å². The molecule has 0 bridgehead atoms. The molecular formula is C24H16ClF4NO4S. The van der Waals surface area contributed by atoms with Crippen LogP contribution in [0, 0.1) is 5.82 Å². The number of aliphatic carboxylic acids is 1. The number of alkyl halides is 3. The van der Waals surface area contributed by atoms with Crippen LogP contribution >= 0.6 is 11.6 Å². The molecule has 0 fully saturated rings. The molecule has 1 aromatic heterocycles. The van der Waals surface area contributed by atoms with Gasteiger partial charge in [-0.1, -0.05) is 41.9 Å². The monoisotopic (exact) mass is 525 g/mol. The summed E-state index contributed by atoms with van der Waals surface area (Å²) in [5.74, 6) is -2.21. The van der Waals surface area contributed by atoms with Crippen molar-refractivity contribution in [2.45, 2.75) is 23.9 Å². The average molecular weight is 526 g/mol. The van der Waals surface area contributed by atoms with Crippen molar-refractivity contribution in [3.05, 3.63) is 88.8 Å². The number of carboxylic acid groups (broad SMARTS) is 1. The van der Waals surface area contributed by atoms with Gasteiger partial charge in [0.15, 0.2) is 0 Å². The second-order valence-corrected chi connectivity index (χ2v) is 9.93. The fourth-order valence-corrected chi connectivity index (χ4v) is 5.54. The van der Waals surface area contributed by atoms with Crippen LogP contribution in [-0.2, 0) is 27.4 Å². The fraction of sp³-hybridized carbons (Fsp3) is 0.125. The van der Waals surface area contributed by atoms with Crippen molar-refractivity contribution < 1.29 is 35.9 Å². The number of nitrogens with zero attached hydrogens (tertiary/aromatic N) is 1. The first kappa shape index (κ1) is 24.7. The third-order valence-corrected chi connectivity index (χ3v) is 7.39. The first-order chi connectivity index (χ1) is 16.4. The molecule has 0 aliphatic heterocycles. The van der Waals surface area contributed by atoms with E-state index in [2.05, 4.69) is 0 Å². The topological polar surface area (TPSA) is 76.4 Å². The Morgan fingerprint density at radius 1 is 1.03 bits per heavy atom. The van der Waals surface area contributed by atoms with Gasteiger partial charge in [0.25, 0.3) is 10.0 Å². The zero-order valence-corrected chi connectivity index (χ0v) is 19.3. The number of aryl methyl sites for hydroxylation is 1. The molecule has 0 radical (unpaired) electrons. The fourth-order valence-electron chi connectivity index (χ4n) is 3.77. The molecule has 5 nitrogen and oxygen atoms in total. The van der Waals surface area contributed by atoms with Crippen molar-refractivity contribution in [1.82, 2.24) is 3.97 Å². The van der Waals surface area contributed by atoms with Crippen LogP contribution in [0.4, 0.5) is 17.6 Å². The van der Waals surface area contributed by atoms with Gasteiger partial charge in [-0.2, -0.15) is 13.2 Å². The minimum Gasteiger partial charge on any atom is -0.481 e. The van der Waals surface area contributed by atoms with Crippen molar-refractivity contribution in [2.75, 3.05) is 0 Å². The number of hydrogen-bond donors (Lipinski definition) is 1. The highest BCUT2D eigenvalue weighted by Crippen LogP contribution is 2.35. The predicted octanol–water partition coefficient (Wildman–Crippen LogP) is 6.37. The second-order valence-electron chi connectivity index (χ2n) is 7.71. The number of aromatic nitrogens is 1. The molecule has 0 saturated carbocycles. The molecule has 0 amide bonds. The average Bonchev–Trinajstić information content (AvgIpc) is 3.18. The second kappa shape index (κ2) is 9.01. The van der Waals surface area contributed by atoms with Gasteiger partial charge < -0.3 is 5.11 Å². The van der Waals surface area contributed by atoms with Crippen molar-refractivity contribution >= 4 is 38.5 Å². The number of rotatable bonds is 6. The third kappa shape index (κ3) is 4.76. The molecule has 0 spiro atoms. The highest BCUT2D eigenvalue weighted by molar-refractivity contribution is 7.90. The number of benzene rings is 3. The Balaban J connectivity index is 1.83. The van der Waals surface area contributed by atoms with Gasteiger partial charge in [-0.05, 0) is 47.9 Å². The Bertz CT molecular complexity index is 1560. The maximum absolute atomic E-state index is 14.5. The quantitative estimate of drug-likeness (QED) is 0.297. The normalized spacial score (nSPS) is 12.3. The summed E-state index contributed by atoms with van der Waals surface area (Å²) < 4.78 is 81.2. The van der Waals surface area contributed by atoms with Crippen LogP contribution in [0.3, 0.4) is 0 Å². The van der Waals surface area contributed by atoms with Crippen molar-refractivity contribution in [3.8, 4) is 11.1 Å². The Hall–Kier alpha value is -3.37. The molecule has 4 aromatic rings. The first-order valence-electron chi connectivity index (χ1n) is 10.1. The van der Waals surface area contributed by atoms with Gasteiger partial charge in [-0.25, -0.2) is 16.8 Å². The molecule has 1 N–H and O–H groups in total. The van der Waals surface area contributed by atoms with Gasteiger partial charge >= 0.3 is 12.1 Å². The van der Waals surface area contributed by atoms with E-state index in [0.717, 1.165) is 16.1 Å². The van der Waals surface area contributed by atoms with E-state index in [1.165, 1.54) is 30.5 Å². The molecule has 1 heterocycles. The predicted molar refractivity (Wildman–Crippen MR) is 122 cm³/mol. The minimum atomic E-state index is -4.72. The summed E-state index contributed by atoms with van der Waals surface area (Å²) in [6, 6.07) is 11.9. The van der Waals surface area contributed by atoms with Crippen LogP contribution in [0.1, 0.15) is 17.5 Å². The molecule has 4 rings (SSSR count). The van der Waals surface area contributed by atoms with E-state index in [1.807, 2.05) is 0 Å². The lowest BCUT2D eigenvalue weighted by Gasteiger charge is -2.12. The van der Waals surface area contributed by atoms with E-state index in [0.29, 0.717) is 23.1 Å². The third-order valence-electron chi connectivity index (χ3n) is 5.43. The number of halogens is 5. The van der Waals surface area contributed by atoms with Crippen LogP contribution in [-0.4, -0.2) is 23.5 Å². The zero-order chi connectivity index (χ0) is 25.5. The lowest BCUT2D eigenvalue weighted by Crippen LogP contribution is -2.12. The Morgan fingerprint density at radius 2 is 1.74 bits per heavy atom. The van der Waals surface area contributed by atoms with Crippen molar-refractivity contribution in [2.24, 2.45) is 0 Å². The van der Waals surface area contributed by atoms with E-state index in [-0.39, 0.29) is 39.4 Å². The summed E-state index contributed by atoms with van der Waals surface area (Å²) in [6.07, 6.45) is -3.60. The molecule has 0 saturated heterocycles. The van der Waals surface area contributed by atoms with Crippen LogP contribution in [0.2, 0.25) is 5.02 Å². The molecule has 11 heteroatoms. The highest BCUT2D eigenvalue weighted by atomic mass is 35.5. The SMILES string of the molecule is O=C(O)CCc1cn(S(=O)(=O)c2cccc(-c3ccc(C(F)(F)F)cc3F)c2)c2c(Cl)cccc12. The van der Waals surface area contributed by atoms with E-state index >= 15 is 0 Å². The number of fused-ring (bicyclic) bond motifs is 1. The van der Waals surface area contributed by atoms with Gasteiger partial charge in [0.05, 0.1) is 21.0 Å². The molecule has 0 aliphatic carbocycles. The smallest absolute Gasteiger partial charge is 0.416 e. The van der Waals surface area contributed by atoms with Crippen LogP contribution in [0.15, 0.2) is 71.8 Å². The van der Waals surface area contributed by atoms with Crippen LogP contribution in [0.25, 0.3) is 22.0 Å². The van der Waals surface area contributed by atoms with Gasteiger partial charge in [0, 0.05) is 23.6 Å². The molecule has 0 atom stereocenters. The summed E-state index contributed by atoms with van der Waals surface area (Å²) >= 11 is 6.29. The number of hydrogen-bond acceptors (Lipinski definition) is 3. The van der Waals surface area contributed by atoms with E-state index in [4.69, 9.17) is 16.7 Å². The lowest BCUT2D eigenvalue weighted by atomic mass is 10.0. The van der Waals surface area contributed by atoms with Gasteiger partial charge in [0.1, 0.15) is 5.82 Å². The molecule has 35 heavy (non-hydrogen) atoms. The highest BCUT2D eigenvalue weighted by Gasteiger charge is 2.31. The van der Waals surface area contributed by atoms with Crippen molar-refractivity contribution in [1.29, 1.82) is 0 Å². The summed E-state index contributed by atoms with van der Waals surface area (Å²) in [7, 11) is -4.30. The summed E-state index contributed by atoms with van der Waals surface area (Å²) in [6.45, 7) is 0. The molecule has 3 aromatic carbocycles. The Kier molecular flexibility index (Phi) is 6.37. The van der Waals surface area contributed by atoms with Gasteiger partial charge in [0.2, 0.25) is 0 Å². The maximum atomic E-state index is 14.5. The molecule has 182 valence electrons. The standard InChI is InChI=1S/C24H16ClF4NO4S/c25-20-6-2-5-19-15(7-10-22(31)32)13-30(23(19)20)35(33,34)17-4-1-3-14(11-17)18-9-8-16(12-21(18)26)24(27,28)29/h1-6,8-9,11-13H,7,10H2,(H,31,32). The summed E-state index contributed by atoms with van der Waals surface area (Å²) in [5, 5.41) is 9.61. The maximum Gasteiger partial charge on any atom is 0.416 e. The van der Waals surface area contributed by atoms with Crippen molar-refractivity contribution in [3.63, 3.8) is 0 Å². The molecular weight excluding hydrogens is 510 g/mol. The lowest BCUT2D eigenvalue weighted by molar-refractivity contribution is -0.138. The Morgan fingerprint density at radius 3 is 2.40 bits per heavy atom. The van der Waals surface area contributed by atoms with E-state index in [9.17, 15) is 30.8 Å². The largest absolute Gasteiger partial charge is 0.481 e. The Labute approximate surface area is 202 Å². The number of para-hydroxylation sites is 1. The molecule has 0 aliphatic rings. The van der Waals surface area contributed by atoms with Crippen LogP contribution < -0.4 is 0 Å². The van der Waals surface area contributed by atoms with Crippen LogP contribution in [0.5, 0.6) is 0 Å². The van der Waals surface area contributed by atoms with E-state index in [1.54, 1.807) is 12.1 Å². The number of carboxylic acids is 1. The van der Waals surface area contributed by atoms with Gasteiger partial charge in [-0.15, -0.1) is 0 Å². The summed E-state index contributed by atoms with van der Waals surface area (Å²) in [4.78, 5) is 10.8. The first-order valence-corrected chi connectivity index (χ1v) is 11.9. The summed E-state index contributed by atoms with van der Waals surface area (Å²) in [5.41, 5.74) is -0.692. The van der Waals surface area contributed by atoms with E-state index < -0.39 is 33.5 Å². The minimum absolute atomic E-state index is 0.0610. The number of carbonyl (C=O) groups is 1. The molecule has 0 unspecified atom stereocenters.